The van der Waals surface area contributed by atoms with Crippen LogP contribution in [0.4, 0.5) is 17.1 Å². The summed E-state index contributed by atoms with van der Waals surface area (Å²) in [4.78, 5) is 127. The van der Waals surface area contributed by atoms with Crippen molar-refractivity contribution in [3.8, 4) is 0 Å². The zero-order valence-corrected chi connectivity index (χ0v) is 61.5. The molecule has 0 aliphatic rings. The van der Waals surface area contributed by atoms with Gasteiger partial charge in [-0.2, -0.15) is 0 Å². The Hall–Kier alpha value is -1.67. The molecule has 36 heteroatoms. The van der Waals surface area contributed by atoms with Crippen LogP contribution in [0.5, 0.6) is 0 Å². The van der Waals surface area contributed by atoms with E-state index in [1.807, 2.05) is 0 Å². The van der Waals surface area contributed by atoms with Crippen LogP contribution >= 0.6 is 181 Å². The summed E-state index contributed by atoms with van der Waals surface area (Å²) < 4.78 is 0.920. The first-order valence-electron chi connectivity index (χ1n) is 24.2. The lowest BCUT2D eigenvalue weighted by Gasteiger charge is -2.31. The monoisotopic (exact) mass is 2080 g/mol. The Kier molecular flexibility index (Phi) is 33.0. The number of nitrogens with one attached hydrogen (secondary N) is 6. The number of carbonyl (C=O) groups excluding carboxylic acids is 9. The molecular formula is C48H57I8N9O19. The van der Waals surface area contributed by atoms with E-state index in [0.717, 1.165) is 9.80 Å². The van der Waals surface area contributed by atoms with Gasteiger partial charge in [-0.25, -0.2) is 0 Å². The molecule has 0 fully saturated rings. The Morgan fingerprint density at radius 3 is 1.08 bits per heavy atom. The van der Waals surface area contributed by atoms with Crippen molar-refractivity contribution in [1.82, 2.24) is 30.7 Å². The molecule has 84 heavy (non-hydrogen) atoms. The number of aliphatic hydroxyl groups excluding tert-OH is 10. The number of carbonyl (C=O) groups is 9. The van der Waals surface area contributed by atoms with E-state index in [1.165, 1.54) is 25.9 Å². The molecule has 0 heterocycles. The highest BCUT2D eigenvalue weighted by Gasteiger charge is 2.35. The molecule has 464 valence electrons. The minimum absolute atomic E-state index is 0.00502. The molecule has 0 aliphatic heterocycles. The summed E-state index contributed by atoms with van der Waals surface area (Å²) >= 11 is 14.2. The highest BCUT2D eigenvalue weighted by Crippen LogP contribution is 2.39. The van der Waals surface area contributed by atoms with Gasteiger partial charge in [-0.3, -0.25) is 43.2 Å². The third-order valence-electron chi connectivity index (χ3n) is 11.8. The van der Waals surface area contributed by atoms with Crippen molar-refractivity contribution in [3.63, 3.8) is 0 Å². The van der Waals surface area contributed by atoms with E-state index in [4.69, 9.17) is 0 Å². The molecule has 9 amide bonds. The summed E-state index contributed by atoms with van der Waals surface area (Å²) in [6, 6.07) is 0. The van der Waals surface area contributed by atoms with Crippen LogP contribution in [0.3, 0.4) is 0 Å². The number of halogens is 8. The predicted octanol–water partition coefficient (Wildman–Crippen LogP) is -0.389. The first-order chi connectivity index (χ1) is 39.4. The molecule has 0 saturated heterocycles. The smallest absolute Gasteiger partial charge is 0.255 e. The van der Waals surface area contributed by atoms with Gasteiger partial charge >= 0.3 is 0 Å². The van der Waals surface area contributed by atoms with Crippen molar-refractivity contribution in [1.29, 1.82) is 0 Å². The highest BCUT2D eigenvalue weighted by molar-refractivity contribution is 14.1. The van der Waals surface area contributed by atoms with Crippen LogP contribution in [0.15, 0.2) is 0 Å². The van der Waals surface area contributed by atoms with E-state index in [0.29, 0.717) is 0 Å². The third-order valence-corrected chi connectivity index (χ3v) is 20.4. The topological polar surface area (TPSA) is 438 Å². The summed E-state index contributed by atoms with van der Waals surface area (Å²) in [6.45, 7) is -6.33. The number of aliphatic hydroxyl groups is 10. The number of amides is 9. The van der Waals surface area contributed by atoms with E-state index in [2.05, 4.69) is 31.9 Å². The molecule has 4 unspecified atom stereocenters. The first kappa shape index (κ1) is 76.6. The van der Waals surface area contributed by atoms with Crippen LogP contribution in [0.25, 0.3) is 0 Å². The Balaban J connectivity index is 2.24. The standard InChI is InChI=1S/C48H57I8N9O19/c1-18-26(32(49)27(43(79)57-7-19(72)12-66)35(52)40(18)60-23(76)15-69)48(84)65(6-4-5-63(2)46(82)30-33(50)28(44(80)58-8-20(73)13-67)36(53)41(38(30)55)61-24(77)16-70)11-22(75)10-64(3)47(83)31-34(51)29(45(81)59-9-21(74)14-68)37(54)42(39(31)56)62-25(78)17-71/h19-22,66-75H,4-17H2,1-3H3,(H,57,79)(H,58,80)(H,59,81)(H,60,76)(H,61,77)(H,62,78). The number of anilines is 3. The lowest BCUT2D eigenvalue weighted by Crippen LogP contribution is -2.45. The average Bonchev–Trinajstić information content (AvgIpc) is 1.28. The molecule has 0 bridgehead atoms. The van der Waals surface area contributed by atoms with Gasteiger partial charge in [0, 0.05) is 70.6 Å². The van der Waals surface area contributed by atoms with Crippen LogP contribution in [-0.4, -0.2) is 243 Å². The molecule has 16 N–H and O–H groups in total. The summed E-state index contributed by atoms with van der Waals surface area (Å²) in [5, 5.41) is 114. The molecule has 0 saturated carbocycles. The lowest BCUT2D eigenvalue weighted by atomic mass is 10.00. The SMILES string of the molecule is Cc1c(NC(=O)CO)c(I)c(C(=O)NCC(O)CO)c(I)c1C(=O)N(CCCN(C)C(=O)c1c(I)c(NC(=O)CO)c(I)c(C(=O)NCC(O)CO)c1I)CC(O)CN(C)C(=O)c1c(I)c(NC(=O)CO)c(I)c(C(=O)NCC(O)CO)c1I. The van der Waals surface area contributed by atoms with Crippen molar-refractivity contribution >= 4 is 251 Å². The number of nitrogens with zero attached hydrogens (tertiary/aromatic N) is 3. The number of hydrogen-bond acceptors (Lipinski definition) is 19. The molecule has 4 atom stereocenters. The fourth-order valence-corrected chi connectivity index (χ4v) is 19.0. The third kappa shape index (κ3) is 19.9. The van der Waals surface area contributed by atoms with Crippen LogP contribution < -0.4 is 31.9 Å². The van der Waals surface area contributed by atoms with E-state index in [-0.39, 0.29) is 111 Å². The van der Waals surface area contributed by atoms with Crippen molar-refractivity contribution in [3.05, 3.63) is 67.5 Å². The summed E-state index contributed by atoms with van der Waals surface area (Å²) in [6.07, 6.45) is -5.76. The Morgan fingerprint density at radius 1 is 0.405 bits per heavy atom. The maximum absolute atomic E-state index is 15.3. The normalized spacial score (nSPS) is 12.5. The number of likely N-dealkylation sites (N-methyl/N-ethyl adjacent to an activating group) is 1. The van der Waals surface area contributed by atoms with E-state index < -0.39 is 143 Å². The Bertz CT molecular complexity index is 3020. The lowest BCUT2D eigenvalue weighted by molar-refractivity contribution is -0.119. The van der Waals surface area contributed by atoms with E-state index in [1.54, 1.807) is 181 Å². The quantitative estimate of drug-likeness (QED) is 0.0394. The zero-order valence-electron chi connectivity index (χ0n) is 44.2. The summed E-state index contributed by atoms with van der Waals surface area (Å²) in [5.41, 5.74) is -0.759. The molecule has 28 nitrogen and oxygen atoms in total. The van der Waals surface area contributed by atoms with Gasteiger partial charge in [0.15, 0.2) is 0 Å². The van der Waals surface area contributed by atoms with Crippen molar-refractivity contribution < 1.29 is 94.2 Å². The minimum atomic E-state index is -1.62. The van der Waals surface area contributed by atoms with Gasteiger partial charge in [-0.05, 0) is 200 Å². The van der Waals surface area contributed by atoms with Gasteiger partial charge in [0.25, 0.3) is 35.4 Å². The molecule has 3 aromatic carbocycles. The number of benzene rings is 3. The first-order valence-corrected chi connectivity index (χ1v) is 32.9. The van der Waals surface area contributed by atoms with Crippen molar-refractivity contribution in [2.45, 2.75) is 37.8 Å². The van der Waals surface area contributed by atoms with Crippen molar-refractivity contribution in [2.24, 2.45) is 0 Å². The second-order valence-electron chi connectivity index (χ2n) is 17.9. The second kappa shape index (κ2) is 36.2. The Morgan fingerprint density at radius 2 is 0.726 bits per heavy atom. The van der Waals surface area contributed by atoms with E-state index >= 15 is 4.79 Å². The van der Waals surface area contributed by atoms with Gasteiger partial charge in [0.2, 0.25) is 17.7 Å². The average molecular weight is 2080 g/mol. The maximum Gasteiger partial charge on any atom is 0.255 e. The van der Waals surface area contributed by atoms with Gasteiger partial charge in [-0.15, -0.1) is 0 Å². The van der Waals surface area contributed by atoms with Crippen LogP contribution in [0.1, 0.15) is 74.1 Å². The molecule has 3 rings (SSSR count). The summed E-state index contributed by atoms with van der Waals surface area (Å²) in [5.74, 6) is -7.49. The van der Waals surface area contributed by atoms with Gasteiger partial charge in [-0.1, -0.05) is 0 Å². The number of hydrogen-bond donors (Lipinski definition) is 16. The second-order valence-corrected chi connectivity index (χ2v) is 26.6. The van der Waals surface area contributed by atoms with Crippen LogP contribution in [-0.2, 0) is 14.4 Å². The molecule has 0 spiro atoms. The number of rotatable bonds is 29. The van der Waals surface area contributed by atoms with Crippen LogP contribution in [0.2, 0.25) is 0 Å². The maximum atomic E-state index is 15.3. The van der Waals surface area contributed by atoms with Gasteiger partial charge < -0.3 is 97.7 Å². The molecule has 0 aliphatic carbocycles. The van der Waals surface area contributed by atoms with Crippen LogP contribution in [0, 0.1) is 35.5 Å². The zero-order chi connectivity index (χ0) is 63.8. The van der Waals surface area contributed by atoms with E-state index in [9.17, 15) is 89.4 Å². The predicted molar refractivity (Wildman–Crippen MR) is 370 cm³/mol. The molecular weight excluding hydrogens is 2020 g/mol. The van der Waals surface area contributed by atoms with Gasteiger partial charge in [0.1, 0.15) is 19.8 Å². The molecule has 0 aromatic heterocycles. The fourth-order valence-electron chi connectivity index (χ4n) is 7.48. The fraction of sp³-hybridized carbons (Fsp3) is 0.438. The largest absolute Gasteiger partial charge is 0.394 e. The molecule has 3 aromatic rings. The van der Waals surface area contributed by atoms with Crippen molar-refractivity contribution in [2.75, 3.05) is 116 Å². The van der Waals surface area contributed by atoms with Gasteiger partial charge in [0.05, 0.1) is 113 Å². The Labute approximate surface area is 589 Å². The summed E-state index contributed by atoms with van der Waals surface area (Å²) in [7, 11) is 2.70. The molecule has 0 radical (unpaired) electrons. The minimum Gasteiger partial charge on any atom is -0.394 e. The highest BCUT2D eigenvalue weighted by atomic mass is 127.